The van der Waals surface area contributed by atoms with Crippen LogP contribution in [0.3, 0.4) is 0 Å². The lowest BCUT2D eigenvalue weighted by atomic mass is 10.3. The van der Waals surface area contributed by atoms with Crippen LogP contribution in [0.2, 0.25) is 0 Å². The number of nitrogens with zero attached hydrogens (tertiary/aromatic N) is 1. The van der Waals surface area contributed by atoms with Gasteiger partial charge in [-0.3, -0.25) is 3.97 Å². The number of imidazole rings is 1. The molecule has 0 aliphatic rings. The van der Waals surface area contributed by atoms with E-state index in [4.69, 9.17) is 18.0 Å². The Balaban J connectivity index is 2.94. The normalized spacial score (nSPS) is 10.2. The molecule has 0 aromatic carbocycles. The van der Waals surface area contributed by atoms with E-state index in [0.717, 1.165) is 12.1 Å². The molecule has 0 aliphatic heterocycles. The average Bonchev–Trinajstić information content (AvgIpc) is 2.20. The van der Waals surface area contributed by atoms with Gasteiger partial charge in [-0.15, -0.1) is 0 Å². The summed E-state index contributed by atoms with van der Waals surface area (Å²) in [4.78, 5) is 2.87. The van der Waals surface area contributed by atoms with Gasteiger partial charge in [-0.1, -0.05) is 12.8 Å². The fraction of sp³-hybridized carbons (Fsp3) is 0.400. The van der Waals surface area contributed by atoms with E-state index in [1.165, 1.54) is 0 Å². The molecule has 0 bridgehead atoms. The zero-order valence-corrected chi connectivity index (χ0v) is 7.08. The smallest absolute Gasteiger partial charge is 0.187 e. The number of thiol groups is 1. The molecule has 3 nitrogen and oxygen atoms in total. The van der Waals surface area contributed by atoms with Gasteiger partial charge in [0.15, 0.2) is 4.77 Å². The molecule has 0 unspecified atom stereocenters. The minimum Gasteiger partial charge on any atom is -0.336 e. The number of nitrogens with one attached hydrogen (secondary N) is 1. The van der Waals surface area contributed by atoms with Gasteiger partial charge in [-0.2, -0.15) is 0 Å². The van der Waals surface area contributed by atoms with E-state index in [1.54, 1.807) is 3.97 Å². The lowest BCUT2D eigenvalue weighted by molar-refractivity contribution is 0.918. The standard InChI is InChI=1S/C5H9N3S2/c6-2-1-4-3-7-5(9)8(4)10/h3,10H,1-2,6H2,(H,7,9). The summed E-state index contributed by atoms with van der Waals surface area (Å²) >= 11 is 9.00. The monoisotopic (exact) mass is 175 g/mol. The van der Waals surface area contributed by atoms with Gasteiger partial charge >= 0.3 is 0 Å². The van der Waals surface area contributed by atoms with Gasteiger partial charge in [0.2, 0.25) is 0 Å². The van der Waals surface area contributed by atoms with Crippen LogP contribution in [0.4, 0.5) is 0 Å². The third-order valence-corrected chi connectivity index (χ3v) is 2.12. The van der Waals surface area contributed by atoms with Gasteiger partial charge in [0.1, 0.15) is 0 Å². The van der Waals surface area contributed by atoms with Gasteiger partial charge in [-0.25, -0.2) is 0 Å². The van der Waals surface area contributed by atoms with E-state index in [-0.39, 0.29) is 0 Å². The van der Waals surface area contributed by atoms with Crippen molar-refractivity contribution in [1.82, 2.24) is 8.96 Å². The van der Waals surface area contributed by atoms with Crippen LogP contribution in [0, 0.1) is 4.77 Å². The molecule has 1 heterocycles. The Labute approximate surface area is 69.8 Å². The summed E-state index contributed by atoms with van der Waals surface area (Å²) in [7, 11) is 0. The number of H-pyrrole nitrogens is 1. The van der Waals surface area contributed by atoms with E-state index >= 15 is 0 Å². The van der Waals surface area contributed by atoms with Crippen molar-refractivity contribution in [3.8, 4) is 0 Å². The molecule has 1 aromatic heterocycles. The zero-order valence-electron chi connectivity index (χ0n) is 5.37. The first-order chi connectivity index (χ1) is 4.75. The Morgan fingerprint density at radius 1 is 1.80 bits per heavy atom. The van der Waals surface area contributed by atoms with Gasteiger partial charge < -0.3 is 10.7 Å². The number of hydrogen-bond acceptors (Lipinski definition) is 3. The lowest BCUT2D eigenvalue weighted by Crippen LogP contribution is -2.04. The van der Waals surface area contributed by atoms with Gasteiger partial charge in [0, 0.05) is 18.3 Å². The quantitative estimate of drug-likeness (QED) is 0.458. The first-order valence-electron chi connectivity index (χ1n) is 2.94. The summed E-state index contributed by atoms with van der Waals surface area (Å²) in [6.45, 7) is 0.618. The molecule has 0 atom stereocenters. The van der Waals surface area contributed by atoms with Crippen LogP contribution < -0.4 is 5.73 Å². The number of nitrogens with two attached hydrogens (primary N) is 1. The van der Waals surface area contributed by atoms with Gasteiger partial charge in [0.25, 0.3) is 0 Å². The van der Waals surface area contributed by atoms with Crippen molar-refractivity contribution in [2.75, 3.05) is 6.54 Å². The number of aromatic nitrogens is 2. The summed E-state index contributed by atoms with van der Waals surface area (Å²) < 4.78 is 2.24. The molecule has 0 aliphatic carbocycles. The molecular weight excluding hydrogens is 166 g/mol. The van der Waals surface area contributed by atoms with Gasteiger partial charge in [-0.05, 0) is 18.8 Å². The molecule has 0 spiro atoms. The van der Waals surface area contributed by atoms with Gasteiger partial charge in [0.05, 0.1) is 0 Å². The van der Waals surface area contributed by atoms with Crippen LogP contribution >= 0.6 is 25.0 Å². The Hall–Kier alpha value is -0.260. The maximum Gasteiger partial charge on any atom is 0.187 e. The Morgan fingerprint density at radius 3 is 2.90 bits per heavy atom. The molecule has 0 fully saturated rings. The van der Waals surface area contributed by atoms with Crippen molar-refractivity contribution in [3.63, 3.8) is 0 Å². The second-order valence-electron chi connectivity index (χ2n) is 1.94. The van der Waals surface area contributed by atoms with E-state index in [1.807, 2.05) is 6.20 Å². The Bertz CT molecular complexity index is 262. The highest BCUT2D eigenvalue weighted by Crippen LogP contribution is 2.02. The van der Waals surface area contributed by atoms with Crippen LogP contribution in [0.1, 0.15) is 5.69 Å². The first kappa shape index (κ1) is 7.84. The van der Waals surface area contributed by atoms with Crippen LogP contribution in [0.25, 0.3) is 0 Å². The third kappa shape index (κ3) is 1.42. The Kier molecular flexibility index (Phi) is 2.53. The van der Waals surface area contributed by atoms with Crippen molar-refractivity contribution >= 4 is 25.0 Å². The third-order valence-electron chi connectivity index (χ3n) is 1.23. The molecule has 0 radical (unpaired) electrons. The Morgan fingerprint density at radius 2 is 2.50 bits per heavy atom. The number of aromatic amines is 1. The molecular formula is C5H9N3S2. The maximum atomic E-state index is 5.34. The summed E-state index contributed by atoms with van der Waals surface area (Å²) in [5.41, 5.74) is 6.37. The summed E-state index contributed by atoms with van der Waals surface area (Å²) in [5.74, 6) is 0. The molecule has 0 amide bonds. The SMILES string of the molecule is NCCc1c[nH]c(=S)n1S. The predicted octanol–water partition coefficient (Wildman–Crippen LogP) is 0.740. The van der Waals surface area contributed by atoms with Crippen LogP contribution in [-0.4, -0.2) is 15.5 Å². The molecule has 0 saturated carbocycles. The van der Waals surface area contributed by atoms with Crippen molar-refractivity contribution in [2.45, 2.75) is 6.42 Å². The van der Waals surface area contributed by atoms with Crippen LogP contribution in [0.15, 0.2) is 6.20 Å². The molecule has 0 saturated heterocycles. The van der Waals surface area contributed by atoms with E-state index in [0.29, 0.717) is 11.3 Å². The summed E-state index contributed by atoms with van der Waals surface area (Å²) in [5, 5.41) is 0. The van der Waals surface area contributed by atoms with E-state index < -0.39 is 0 Å². The minimum absolute atomic E-state index is 0.617. The number of rotatable bonds is 2. The second kappa shape index (κ2) is 3.23. The van der Waals surface area contributed by atoms with Crippen LogP contribution in [-0.2, 0) is 6.42 Å². The summed E-state index contributed by atoms with van der Waals surface area (Å²) in [6.07, 6.45) is 2.62. The molecule has 1 aromatic rings. The highest BCUT2D eigenvalue weighted by molar-refractivity contribution is 7.79. The summed E-state index contributed by atoms with van der Waals surface area (Å²) in [6, 6.07) is 0. The highest BCUT2D eigenvalue weighted by atomic mass is 32.1. The first-order valence-corrected chi connectivity index (χ1v) is 3.75. The molecule has 3 N–H and O–H groups in total. The average molecular weight is 175 g/mol. The van der Waals surface area contributed by atoms with Crippen LogP contribution in [0.5, 0.6) is 0 Å². The predicted molar refractivity (Wildman–Crippen MR) is 46.8 cm³/mol. The minimum atomic E-state index is 0.617. The lowest BCUT2D eigenvalue weighted by Gasteiger charge is -1.95. The van der Waals surface area contributed by atoms with Crippen molar-refractivity contribution < 1.29 is 0 Å². The second-order valence-corrected chi connectivity index (χ2v) is 2.72. The molecule has 1 rings (SSSR count). The maximum absolute atomic E-state index is 5.34. The largest absolute Gasteiger partial charge is 0.336 e. The number of hydrogen-bond donors (Lipinski definition) is 3. The van der Waals surface area contributed by atoms with Crippen molar-refractivity contribution in [1.29, 1.82) is 0 Å². The molecule has 10 heavy (non-hydrogen) atoms. The molecule has 5 heteroatoms. The van der Waals surface area contributed by atoms with Crippen molar-refractivity contribution in [3.05, 3.63) is 16.7 Å². The topological polar surface area (TPSA) is 46.7 Å². The fourth-order valence-corrected chi connectivity index (χ4v) is 1.12. The zero-order chi connectivity index (χ0) is 7.56. The van der Waals surface area contributed by atoms with Crippen molar-refractivity contribution in [2.24, 2.45) is 5.73 Å². The van der Waals surface area contributed by atoms with E-state index in [9.17, 15) is 0 Å². The van der Waals surface area contributed by atoms with E-state index in [2.05, 4.69) is 17.8 Å². The highest BCUT2D eigenvalue weighted by Gasteiger charge is 1.97. The molecule has 56 valence electrons. The fourth-order valence-electron chi connectivity index (χ4n) is 0.724.